The molecule has 2 aliphatic heterocycles. The van der Waals surface area contributed by atoms with Gasteiger partial charge in [-0.2, -0.15) is 0 Å². The lowest BCUT2D eigenvalue weighted by Crippen LogP contribution is -2.60. The SMILES string of the molecule is CCC1(CC(C)(CC(C)(C)C(=O)OC2COC(=O)C2)C(=O)OC2(C)C3CC4CC(C3)CC2C4)OC(C)(C23CC4CC(CC(C4)C2)C3)OC1=O. The Balaban J connectivity index is 1.09. The van der Waals surface area contributed by atoms with E-state index >= 15 is 0 Å². The van der Waals surface area contributed by atoms with E-state index in [1.165, 1.54) is 25.7 Å². The summed E-state index contributed by atoms with van der Waals surface area (Å²) in [5.41, 5.74) is -4.57. The molecule has 0 aromatic carbocycles. The summed E-state index contributed by atoms with van der Waals surface area (Å²) in [4.78, 5) is 54.7. The minimum absolute atomic E-state index is 0.0196. The average Bonchev–Trinajstić information content (AvgIpc) is 3.53. The van der Waals surface area contributed by atoms with Crippen molar-refractivity contribution in [3.05, 3.63) is 0 Å². The fraction of sp³-hybridized carbons (Fsp3) is 0.900. The number of carbonyl (C=O) groups excluding carboxylic acids is 4. The molecule has 2 saturated heterocycles. The smallest absolute Gasteiger partial charge is 0.341 e. The second-order valence-electron chi connectivity index (χ2n) is 19.6. The van der Waals surface area contributed by atoms with E-state index in [1.54, 1.807) is 13.8 Å². The zero-order valence-electron chi connectivity index (χ0n) is 30.6. The number of hydrogen-bond donors (Lipinski definition) is 0. The molecule has 0 aromatic heterocycles. The van der Waals surface area contributed by atoms with Crippen LogP contribution in [0.4, 0.5) is 0 Å². The Kier molecular flexibility index (Phi) is 7.74. The lowest BCUT2D eigenvalue weighted by atomic mass is 9.47. The summed E-state index contributed by atoms with van der Waals surface area (Å²) in [5.74, 6) is 1.27. The van der Waals surface area contributed by atoms with Crippen molar-refractivity contribution in [2.75, 3.05) is 6.61 Å². The topological polar surface area (TPSA) is 114 Å². The van der Waals surface area contributed by atoms with Gasteiger partial charge in [-0.1, -0.05) is 6.92 Å². The average molecular weight is 683 g/mol. The zero-order valence-corrected chi connectivity index (χ0v) is 30.6. The predicted molar refractivity (Wildman–Crippen MR) is 177 cm³/mol. The van der Waals surface area contributed by atoms with E-state index in [0.717, 1.165) is 44.9 Å². The summed E-state index contributed by atoms with van der Waals surface area (Å²) in [5, 5.41) is 0. The van der Waals surface area contributed by atoms with Gasteiger partial charge >= 0.3 is 23.9 Å². The van der Waals surface area contributed by atoms with Crippen LogP contribution >= 0.6 is 0 Å². The maximum absolute atomic E-state index is 14.9. The van der Waals surface area contributed by atoms with Gasteiger partial charge in [-0.3, -0.25) is 14.4 Å². The normalized spacial score (nSPS) is 47.6. The molecule has 0 radical (unpaired) electrons. The Morgan fingerprint density at radius 3 is 1.88 bits per heavy atom. The highest BCUT2D eigenvalue weighted by molar-refractivity contribution is 5.85. The molecule has 0 aromatic rings. The first-order valence-electron chi connectivity index (χ1n) is 19.5. The molecule has 10 aliphatic rings. The molecule has 10 rings (SSSR count). The number of ether oxygens (including phenoxy) is 5. The number of carbonyl (C=O) groups is 4. The van der Waals surface area contributed by atoms with Gasteiger partial charge in [0.2, 0.25) is 5.79 Å². The van der Waals surface area contributed by atoms with E-state index in [-0.39, 0.29) is 37.3 Å². The highest BCUT2D eigenvalue weighted by atomic mass is 16.8. The maximum atomic E-state index is 14.9. The van der Waals surface area contributed by atoms with Crippen LogP contribution in [0, 0.1) is 57.7 Å². The van der Waals surface area contributed by atoms with Crippen molar-refractivity contribution in [2.24, 2.45) is 57.7 Å². The van der Waals surface area contributed by atoms with Crippen molar-refractivity contribution >= 4 is 23.9 Å². The fourth-order valence-electron chi connectivity index (χ4n) is 13.4. The Labute approximate surface area is 291 Å². The Hall–Kier alpha value is -2.16. The van der Waals surface area contributed by atoms with Crippen LogP contribution in [0.3, 0.4) is 0 Å². The van der Waals surface area contributed by atoms with E-state index in [1.807, 2.05) is 20.8 Å². The third-order valence-electron chi connectivity index (χ3n) is 15.3. The highest BCUT2D eigenvalue weighted by Gasteiger charge is 2.69. The molecule has 10 fully saturated rings. The van der Waals surface area contributed by atoms with Gasteiger partial charge in [-0.25, -0.2) is 4.79 Å². The van der Waals surface area contributed by atoms with Crippen molar-refractivity contribution in [3.8, 4) is 0 Å². The number of rotatable bonds is 10. The molecule has 49 heavy (non-hydrogen) atoms. The Morgan fingerprint density at radius 1 is 0.816 bits per heavy atom. The molecule has 8 bridgehead atoms. The van der Waals surface area contributed by atoms with Crippen LogP contribution in [0.15, 0.2) is 0 Å². The van der Waals surface area contributed by atoms with Crippen molar-refractivity contribution in [3.63, 3.8) is 0 Å². The predicted octanol–water partition coefficient (Wildman–Crippen LogP) is 7.07. The molecule has 9 heteroatoms. The van der Waals surface area contributed by atoms with Gasteiger partial charge in [0.15, 0.2) is 5.60 Å². The van der Waals surface area contributed by atoms with E-state index < -0.39 is 51.8 Å². The molecule has 0 amide bonds. The zero-order chi connectivity index (χ0) is 34.8. The van der Waals surface area contributed by atoms with Gasteiger partial charge in [-0.15, -0.1) is 0 Å². The van der Waals surface area contributed by atoms with Crippen LogP contribution in [0.5, 0.6) is 0 Å². The van der Waals surface area contributed by atoms with Gasteiger partial charge in [0.05, 0.1) is 17.3 Å². The number of esters is 4. The molecule has 8 aliphatic carbocycles. The molecule has 0 spiro atoms. The summed E-state index contributed by atoms with van der Waals surface area (Å²) in [6.07, 6.45) is 12.3. The molecule has 4 atom stereocenters. The minimum Gasteiger partial charge on any atom is -0.462 e. The van der Waals surface area contributed by atoms with Crippen molar-refractivity contribution in [2.45, 2.75) is 161 Å². The highest BCUT2D eigenvalue weighted by Crippen LogP contribution is 2.67. The van der Waals surface area contributed by atoms with Gasteiger partial charge in [-0.05, 0) is 153 Å². The molecule has 4 unspecified atom stereocenters. The standard InChI is InChI=1S/C40H58O9/c1-7-40(34(44)48-38(6,49-40)39-17-25-9-26(18-39)11-27(10-25)19-39)22-36(4,21-35(2,3)32(42)46-30-16-31(41)45-20-30)33(43)47-37(5)28-12-23-8-24(14-28)15-29(37)13-23/h23-30H,7-22H2,1-6H3. The molecule has 8 saturated carbocycles. The lowest BCUT2D eigenvalue weighted by Gasteiger charge is -2.60. The summed E-state index contributed by atoms with van der Waals surface area (Å²) in [6.45, 7) is 11.5. The van der Waals surface area contributed by atoms with Crippen LogP contribution < -0.4 is 0 Å². The third-order valence-corrected chi connectivity index (χ3v) is 15.3. The van der Waals surface area contributed by atoms with Crippen molar-refractivity contribution < 1.29 is 42.9 Å². The van der Waals surface area contributed by atoms with Crippen LogP contribution in [-0.2, 0) is 42.9 Å². The fourth-order valence-corrected chi connectivity index (χ4v) is 13.4. The van der Waals surface area contributed by atoms with Gasteiger partial charge in [0, 0.05) is 18.8 Å². The summed E-state index contributed by atoms with van der Waals surface area (Å²) in [6, 6.07) is 0. The van der Waals surface area contributed by atoms with E-state index in [4.69, 9.17) is 23.7 Å². The largest absolute Gasteiger partial charge is 0.462 e. The second-order valence-corrected chi connectivity index (χ2v) is 19.6. The first-order chi connectivity index (χ1) is 23.0. The van der Waals surface area contributed by atoms with E-state index in [0.29, 0.717) is 47.8 Å². The van der Waals surface area contributed by atoms with Crippen LogP contribution in [-0.4, -0.2) is 53.6 Å². The first kappa shape index (κ1) is 34.0. The van der Waals surface area contributed by atoms with Crippen molar-refractivity contribution in [1.29, 1.82) is 0 Å². The van der Waals surface area contributed by atoms with Crippen LogP contribution in [0.2, 0.25) is 0 Å². The quantitative estimate of drug-likeness (QED) is 0.176. The van der Waals surface area contributed by atoms with Crippen molar-refractivity contribution in [1.82, 2.24) is 0 Å². The van der Waals surface area contributed by atoms with Crippen LogP contribution in [0.1, 0.15) is 138 Å². The first-order valence-corrected chi connectivity index (χ1v) is 19.5. The van der Waals surface area contributed by atoms with Gasteiger partial charge in [0.1, 0.15) is 18.3 Å². The third kappa shape index (κ3) is 5.39. The van der Waals surface area contributed by atoms with Gasteiger partial charge < -0.3 is 23.7 Å². The molecule has 272 valence electrons. The summed E-state index contributed by atoms with van der Waals surface area (Å²) >= 11 is 0. The second kappa shape index (κ2) is 11.2. The molecular formula is C40H58O9. The molecule has 9 nitrogen and oxygen atoms in total. The number of cyclic esters (lactones) is 2. The molecular weight excluding hydrogens is 624 g/mol. The summed E-state index contributed by atoms with van der Waals surface area (Å²) in [7, 11) is 0. The number of hydrogen-bond acceptors (Lipinski definition) is 9. The lowest BCUT2D eigenvalue weighted by molar-refractivity contribution is -0.288. The monoisotopic (exact) mass is 682 g/mol. The maximum Gasteiger partial charge on any atom is 0.341 e. The van der Waals surface area contributed by atoms with E-state index in [9.17, 15) is 19.2 Å². The Morgan fingerprint density at radius 2 is 1.37 bits per heavy atom. The van der Waals surface area contributed by atoms with Gasteiger partial charge in [0.25, 0.3) is 0 Å². The summed E-state index contributed by atoms with van der Waals surface area (Å²) < 4.78 is 31.1. The van der Waals surface area contributed by atoms with Crippen LogP contribution in [0.25, 0.3) is 0 Å². The van der Waals surface area contributed by atoms with E-state index in [2.05, 4.69) is 6.92 Å². The Bertz CT molecular complexity index is 1350. The molecule has 0 N–H and O–H groups in total. The minimum atomic E-state index is -1.36. The molecule has 2 heterocycles.